The van der Waals surface area contributed by atoms with Gasteiger partial charge < -0.3 is 15.4 Å². The first kappa shape index (κ1) is 13.8. The SMILES string of the molecule is N=C(N)c1ccc(N2CCOc3ccccc3C2)c(Cl)c1. The van der Waals surface area contributed by atoms with Gasteiger partial charge in [0, 0.05) is 17.7 Å². The molecule has 108 valence electrons. The van der Waals surface area contributed by atoms with Crippen LogP contribution in [0.15, 0.2) is 42.5 Å². The molecular formula is C16H16ClN3O. The summed E-state index contributed by atoms with van der Waals surface area (Å²) < 4.78 is 5.76. The lowest BCUT2D eigenvalue weighted by atomic mass is 10.1. The number of hydrogen-bond donors (Lipinski definition) is 2. The van der Waals surface area contributed by atoms with Crippen LogP contribution in [-0.2, 0) is 6.54 Å². The maximum Gasteiger partial charge on any atom is 0.124 e. The van der Waals surface area contributed by atoms with Crippen LogP contribution in [0.2, 0.25) is 5.02 Å². The van der Waals surface area contributed by atoms with Gasteiger partial charge in [-0.25, -0.2) is 0 Å². The number of hydrogen-bond acceptors (Lipinski definition) is 3. The molecule has 1 heterocycles. The Morgan fingerprint density at radius 3 is 2.81 bits per heavy atom. The zero-order chi connectivity index (χ0) is 14.8. The third kappa shape index (κ3) is 2.81. The molecule has 0 unspecified atom stereocenters. The summed E-state index contributed by atoms with van der Waals surface area (Å²) in [7, 11) is 0. The Kier molecular flexibility index (Phi) is 3.71. The number of anilines is 1. The maximum atomic E-state index is 7.46. The average molecular weight is 302 g/mol. The molecule has 0 radical (unpaired) electrons. The van der Waals surface area contributed by atoms with Crippen LogP contribution in [0.5, 0.6) is 5.75 Å². The van der Waals surface area contributed by atoms with E-state index in [0.717, 1.165) is 30.1 Å². The highest BCUT2D eigenvalue weighted by molar-refractivity contribution is 6.33. The number of fused-ring (bicyclic) bond motifs is 1. The van der Waals surface area contributed by atoms with E-state index in [2.05, 4.69) is 11.0 Å². The van der Waals surface area contributed by atoms with Crippen LogP contribution in [0.3, 0.4) is 0 Å². The first-order valence-corrected chi connectivity index (χ1v) is 7.12. The van der Waals surface area contributed by atoms with Gasteiger partial charge in [-0.15, -0.1) is 0 Å². The second kappa shape index (κ2) is 5.66. The topological polar surface area (TPSA) is 62.3 Å². The highest BCUT2D eigenvalue weighted by Crippen LogP contribution is 2.31. The van der Waals surface area contributed by atoms with E-state index >= 15 is 0 Å². The average Bonchev–Trinajstić information content (AvgIpc) is 2.69. The van der Waals surface area contributed by atoms with Gasteiger partial charge in [0.1, 0.15) is 18.2 Å². The standard InChI is InChI=1S/C16H16ClN3O/c17-13-9-11(16(18)19)5-6-14(13)20-7-8-21-15-4-2-1-3-12(15)10-20/h1-6,9H,7-8,10H2,(H3,18,19). The van der Waals surface area contributed by atoms with Gasteiger partial charge in [0.15, 0.2) is 0 Å². The summed E-state index contributed by atoms with van der Waals surface area (Å²) >= 11 is 6.35. The van der Waals surface area contributed by atoms with Crippen molar-refractivity contribution < 1.29 is 4.74 Å². The molecule has 0 bridgehead atoms. The molecule has 21 heavy (non-hydrogen) atoms. The van der Waals surface area contributed by atoms with Crippen LogP contribution in [0.25, 0.3) is 0 Å². The van der Waals surface area contributed by atoms with Crippen LogP contribution in [-0.4, -0.2) is 19.0 Å². The quantitative estimate of drug-likeness (QED) is 0.662. The first-order chi connectivity index (χ1) is 10.1. The van der Waals surface area contributed by atoms with Crippen molar-refractivity contribution in [1.82, 2.24) is 0 Å². The van der Waals surface area contributed by atoms with E-state index < -0.39 is 0 Å². The zero-order valence-corrected chi connectivity index (χ0v) is 12.2. The van der Waals surface area contributed by atoms with E-state index in [9.17, 15) is 0 Å². The summed E-state index contributed by atoms with van der Waals surface area (Å²) in [6.07, 6.45) is 0. The summed E-state index contributed by atoms with van der Waals surface area (Å²) in [5.41, 5.74) is 8.20. The van der Waals surface area contributed by atoms with Gasteiger partial charge in [0.25, 0.3) is 0 Å². The van der Waals surface area contributed by atoms with Crippen molar-refractivity contribution in [1.29, 1.82) is 5.41 Å². The van der Waals surface area contributed by atoms with Crippen molar-refractivity contribution in [2.75, 3.05) is 18.1 Å². The number of ether oxygens (including phenoxy) is 1. The minimum atomic E-state index is 0.0213. The summed E-state index contributed by atoms with van der Waals surface area (Å²) in [6, 6.07) is 13.5. The molecule has 1 aliphatic rings. The summed E-state index contributed by atoms with van der Waals surface area (Å²) in [6.45, 7) is 2.12. The third-order valence-electron chi connectivity index (χ3n) is 3.55. The second-order valence-electron chi connectivity index (χ2n) is 4.96. The van der Waals surface area contributed by atoms with Gasteiger partial charge in [0.05, 0.1) is 17.3 Å². The van der Waals surface area contributed by atoms with E-state index in [1.807, 2.05) is 30.3 Å². The number of halogens is 1. The van der Waals surface area contributed by atoms with Crippen molar-refractivity contribution in [3.63, 3.8) is 0 Å². The van der Waals surface area contributed by atoms with Crippen LogP contribution >= 0.6 is 11.6 Å². The first-order valence-electron chi connectivity index (χ1n) is 6.75. The number of benzene rings is 2. The minimum absolute atomic E-state index is 0.0213. The van der Waals surface area contributed by atoms with Gasteiger partial charge in [-0.05, 0) is 24.3 Å². The molecule has 0 spiro atoms. The Hall–Kier alpha value is -2.20. The van der Waals surface area contributed by atoms with E-state index in [-0.39, 0.29) is 5.84 Å². The fraction of sp³-hybridized carbons (Fsp3) is 0.188. The molecule has 0 saturated heterocycles. The highest BCUT2D eigenvalue weighted by atomic mass is 35.5. The van der Waals surface area contributed by atoms with Crippen LogP contribution < -0.4 is 15.4 Å². The lowest BCUT2D eigenvalue weighted by Gasteiger charge is -2.23. The van der Waals surface area contributed by atoms with E-state index in [1.165, 1.54) is 0 Å². The maximum absolute atomic E-state index is 7.46. The number of nitrogens with two attached hydrogens (primary N) is 1. The monoisotopic (exact) mass is 301 g/mol. The number of amidine groups is 1. The summed E-state index contributed by atoms with van der Waals surface area (Å²) in [4.78, 5) is 2.18. The Bertz CT molecular complexity index is 687. The van der Waals surface area contributed by atoms with Crippen molar-refractivity contribution in [3.8, 4) is 5.75 Å². The Balaban J connectivity index is 1.92. The molecule has 2 aromatic rings. The Morgan fingerprint density at radius 2 is 2.05 bits per heavy atom. The smallest absolute Gasteiger partial charge is 0.124 e. The Morgan fingerprint density at radius 1 is 1.24 bits per heavy atom. The zero-order valence-electron chi connectivity index (χ0n) is 11.5. The number of para-hydroxylation sites is 1. The number of rotatable bonds is 2. The fourth-order valence-electron chi connectivity index (χ4n) is 2.46. The van der Waals surface area contributed by atoms with Gasteiger partial charge in [-0.2, -0.15) is 0 Å². The van der Waals surface area contributed by atoms with E-state index in [1.54, 1.807) is 6.07 Å². The van der Waals surface area contributed by atoms with Gasteiger partial charge >= 0.3 is 0 Å². The molecule has 2 aromatic carbocycles. The normalized spacial score (nSPS) is 14.0. The fourth-order valence-corrected chi connectivity index (χ4v) is 2.76. The highest BCUT2D eigenvalue weighted by Gasteiger charge is 2.17. The van der Waals surface area contributed by atoms with Crippen molar-refractivity contribution in [2.24, 2.45) is 5.73 Å². The number of nitrogen functional groups attached to an aromatic ring is 1. The lowest BCUT2D eigenvalue weighted by Crippen LogP contribution is -2.25. The number of nitrogens with zero attached hydrogens (tertiary/aromatic N) is 1. The molecule has 0 fully saturated rings. The van der Waals surface area contributed by atoms with Crippen molar-refractivity contribution in [2.45, 2.75) is 6.54 Å². The predicted molar refractivity (Wildman–Crippen MR) is 85.5 cm³/mol. The summed E-state index contributed by atoms with van der Waals surface area (Å²) in [5.74, 6) is 0.949. The third-order valence-corrected chi connectivity index (χ3v) is 3.85. The molecule has 0 amide bonds. The number of nitrogens with one attached hydrogen (secondary N) is 1. The molecule has 0 saturated carbocycles. The van der Waals surface area contributed by atoms with Gasteiger partial charge in [-0.1, -0.05) is 29.8 Å². The lowest BCUT2D eigenvalue weighted by molar-refractivity contribution is 0.331. The van der Waals surface area contributed by atoms with Crippen LogP contribution in [0, 0.1) is 5.41 Å². The molecular weight excluding hydrogens is 286 g/mol. The van der Waals surface area contributed by atoms with Crippen molar-refractivity contribution >= 4 is 23.1 Å². The van der Waals surface area contributed by atoms with E-state index in [0.29, 0.717) is 17.2 Å². The molecule has 5 heteroatoms. The van der Waals surface area contributed by atoms with E-state index in [4.69, 9.17) is 27.5 Å². The molecule has 1 aliphatic heterocycles. The molecule has 0 aliphatic carbocycles. The minimum Gasteiger partial charge on any atom is -0.491 e. The Labute approximate surface area is 128 Å². The van der Waals surface area contributed by atoms with Crippen LogP contribution in [0.4, 0.5) is 5.69 Å². The molecule has 0 atom stereocenters. The van der Waals surface area contributed by atoms with Crippen molar-refractivity contribution in [3.05, 3.63) is 58.6 Å². The van der Waals surface area contributed by atoms with Gasteiger partial charge in [0.2, 0.25) is 0 Å². The summed E-state index contributed by atoms with van der Waals surface area (Å²) in [5, 5.41) is 8.06. The molecule has 0 aromatic heterocycles. The molecule has 4 nitrogen and oxygen atoms in total. The largest absolute Gasteiger partial charge is 0.491 e. The second-order valence-corrected chi connectivity index (χ2v) is 5.36. The molecule has 3 N–H and O–H groups in total. The van der Waals surface area contributed by atoms with Crippen LogP contribution in [0.1, 0.15) is 11.1 Å². The predicted octanol–water partition coefficient (Wildman–Crippen LogP) is 3.02. The molecule has 3 rings (SSSR count). The van der Waals surface area contributed by atoms with Gasteiger partial charge in [-0.3, -0.25) is 5.41 Å².